The first-order chi connectivity index (χ1) is 7.69. The fraction of sp³-hybridized carbons (Fsp3) is 0.583. The Labute approximate surface area is 97.0 Å². The van der Waals surface area contributed by atoms with E-state index in [-0.39, 0.29) is 12.1 Å². The summed E-state index contributed by atoms with van der Waals surface area (Å²) in [4.78, 5) is 4.25. The second kappa shape index (κ2) is 6.45. The van der Waals surface area contributed by atoms with Gasteiger partial charge in [0.2, 0.25) is 5.88 Å². The molecule has 0 saturated heterocycles. The molecule has 0 saturated carbocycles. The Morgan fingerprint density at radius 1 is 1.44 bits per heavy atom. The molecule has 2 unspecified atom stereocenters. The summed E-state index contributed by atoms with van der Waals surface area (Å²) in [7, 11) is 3.58. The van der Waals surface area contributed by atoms with Crippen LogP contribution < -0.4 is 10.1 Å². The van der Waals surface area contributed by atoms with Crippen molar-refractivity contribution in [2.45, 2.75) is 26.0 Å². The van der Waals surface area contributed by atoms with Crippen LogP contribution in [0.25, 0.3) is 0 Å². The van der Waals surface area contributed by atoms with E-state index >= 15 is 0 Å². The van der Waals surface area contributed by atoms with E-state index in [1.165, 1.54) is 0 Å². The van der Waals surface area contributed by atoms with Crippen molar-refractivity contribution in [2.75, 3.05) is 20.8 Å². The summed E-state index contributed by atoms with van der Waals surface area (Å²) in [6.07, 6.45) is 1.74. The average molecular weight is 224 g/mol. The Kier molecular flexibility index (Phi) is 5.22. The van der Waals surface area contributed by atoms with Crippen molar-refractivity contribution in [3.63, 3.8) is 0 Å². The maximum Gasteiger partial charge on any atom is 0.218 e. The van der Waals surface area contributed by atoms with Crippen LogP contribution in [0.2, 0.25) is 0 Å². The van der Waals surface area contributed by atoms with Gasteiger partial charge in [0.1, 0.15) is 6.10 Å². The smallest absolute Gasteiger partial charge is 0.218 e. The third-order valence-electron chi connectivity index (χ3n) is 2.41. The predicted molar refractivity (Wildman–Crippen MR) is 63.7 cm³/mol. The van der Waals surface area contributed by atoms with Gasteiger partial charge >= 0.3 is 0 Å². The number of methoxy groups -OCH3 is 1. The van der Waals surface area contributed by atoms with Gasteiger partial charge in [0.15, 0.2) is 0 Å². The van der Waals surface area contributed by atoms with Crippen molar-refractivity contribution >= 4 is 0 Å². The minimum Gasteiger partial charge on any atom is -0.472 e. The lowest BCUT2D eigenvalue weighted by Gasteiger charge is -2.18. The summed E-state index contributed by atoms with van der Waals surface area (Å²) in [5.74, 6) is 0.675. The molecule has 1 N–H and O–H groups in total. The van der Waals surface area contributed by atoms with Crippen molar-refractivity contribution in [2.24, 2.45) is 0 Å². The zero-order valence-electron chi connectivity index (χ0n) is 10.4. The molecule has 0 spiro atoms. The topological polar surface area (TPSA) is 43.4 Å². The van der Waals surface area contributed by atoms with Crippen molar-refractivity contribution in [3.8, 4) is 5.88 Å². The minimum atomic E-state index is 0.00251. The maximum absolute atomic E-state index is 5.73. The molecule has 2 atom stereocenters. The Morgan fingerprint density at radius 2 is 2.19 bits per heavy atom. The molecule has 0 aliphatic carbocycles. The lowest BCUT2D eigenvalue weighted by atomic mass is 10.1. The first kappa shape index (κ1) is 12.9. The third-order valence-corrected chi connectivity index (χ3v) is 2.41. The highest BCUT2D eigenvalue weighted by Gasteiger charge is 2.13. The first-order valence-electron chi connectivity index (χ1n) is 5.46. The van der Waals surface area contributed by atoms with Crippen molar-refractivity contribution in [1.82, 2.24) is 10.3 Å². The van der Waals surface area contributed by atoms with Crippen LogP contribution in [0.15, 0.2) is 18.3 Å². The van der Waals surface area contributed by atoms with Crippen LogP contribution in [0.1, 0.15) is 25.5 Å². The summed E-state index contributed by atoms with van der Waals surface area (Å²) in [6, 6.07) is 4.15. The van der Waals surface area contributed by atoms with Gasteiger partial charge < -0.3 is 14.8 Å². The van der Waals surface area contributed by atoms with Gasteiger partial charge in [0.05, 0.1) is 6.61 Å². The van der Waals surface area contributed by atoms with Gasteiger partial charge in [0, 0.05) is 24.9 Å². The lowest BCUT2D eigenvalue weighted by Crippen LogP contribution is -2.21. The van der Waals surface area contributed by atoms with Gasteiger partial charge in [-0.15, -0.1) is 0 Å². The summed E-state index contributed by atoms with van der Waals surface area (Å²) >= 11 is 0. The first-order valence-corrected chi connectivity index (χ1v) is 5.46. The SMILES string of the molecule is CNC(C)c1cccnc1OC(C)COC. The summed E-state index contributed by atoms with van der Waals surface area (Å²) in [5, 5.41) is 3.18. The zero-order valence-corrected chi connectivity index (χ0v) is 10.4. The highest BCUT2D eigenvalue weighted by Crippen LogP contribution is 2.22. The maximum atomic E-state index is 5.73. The molecule has 0 aliphatic rings. The molecule has 0 aromatic carbocycles. The molecule has 1 aromatic rings. The van der Waals surface area contributed by atoms with Gasteiger partial charge in [-0.3, -0.25) is 0 Å². The molecule has 0 radical (unpaired) electrons. The lowest BCUT2D eigenvalue weighted by molar-refractivity contribution is 0.0879. The normalized spacial score (nSPS) is 14.5. The van der Waals surface area contributed by atoms with Crippen molar-refractivity contribution in [1.29, 1.82) is 0 Å². The highest BCUT2D eigenvalue weighted by atomic mass is 16.5. The molecule has 16 heavy (non-hydrogen) atoms. The van der Waals surface area contributed by atoms with Crippen LogP contribution in [-0.2, 0) is 4.74 Å². The highest BCUT2D eigenvalue weighted by molar-refractivity contribution is 5.28. The van der Waals surface area contributed by atoms with Gasteiger partial charge in [-0.1, -0.05) is 6.07 Å². The number of nitrogens with zero attached hydrogens (tertiary/aromatic N) is 1. The fourth-order valence-corrected chi connectivity index (χ4v) is 1.45. The Hall–Kier alpha value is -1.13. The van der Waals surface area contributed by atoms with Crippen LogP contribution >= 0.6 is 0 Å². The van der Waals surface area contributed by atoms with Gasteiger partial charge in [-0.05, 0) is 27.0 Å². The number of hydrogen-bond acceptors (Lipinski definition) is 4. The van der Waals surface area contributed by atoms with E-state index in [1.807, 2.05) is 26.1 Å². The molecule has 1 aromatic heterocycles. The molecule has 1 heterocycles. The van der Waals surface area contributed by atoms with Crippen molar-refractivity contribution < 1.29 is 9.47 Å². The Morgan fingerprint density at radius 3 is 2.81 bits per heavy atom. The van der Waals surface area contributed by atoms with E-state index in [0.717, 1.165) is 5.56 Å². The van der Waals surface area contributed by atoms with Gasteiger partial charge in [-0.25, -0.2) is 4.98 Å². The van der Waals surface area contributed by atoms with E-state index in [0.29, 0.717) is 12.5 Å². The predicted octanol–water partition coefficient (Wildman–Crippen LogP) is 1.78. The van der Waals surface area contributed by atoms with E-state index in [9.17, 15) is 0 Å². The van der Waals surface area contributed by atoms with Crippen molar-refractivity contribution in [3.05, 3.63) is 23.9 Å². The van der Waals surface area contributed by atoms with Gasteiger partial charge in [-0.2, -0.15) is 0 Å². The number of hydrogen-bond donors (Lipinski definition) is 1. The van der Waals surface area contributed by atoms with Crippen LogP contribution in [0.4, 0.5) is 0 Å². The molecule has 90 valence electrons. The van der Waals surface area contributed by atoms with Crippen LogP contribution in [0.3, 0.4) is 0 Å². The molecule has 0 aliphatic heterocycles. The number of pyridine rings is 1. The average Bonchev–Trinajstić information content (AvgIpc) is 2.29. The molecule has 0 fully saturated rings. The third kappa shape index (κ3) is 3.47. The zero-order chi connectivity index (χ0) is 12.0. The molecule has 0 bridgehead atoms. The number of nitrogens with one attached hydrogen (secondary N) is 1. The van der Waals surface area contributed by atoms with E-state index < -0.39 is 0 Å². The van der Waals surface area contributed by atoms with Crippen LogP contribution in [-0.4, -0.2) is 31.9 Å². The van der Waals surface area contributed by atoms with E-state index in [4.69, 9.17) is 9.47 Å². The van der Waals surface area contributed by atoms with Crippen LogP contribution in [0.5, 0.6) is 5.88 Å². The van der Waals surface area contributed by atoms with E-state index in [1.54, 1.807) is 13.3 Å². The molecule has 4 nitrogen and oxygen atoms in total. The summed E-state index contributed by atoms with van der Waals surface area (Å²) < 4.78 is 10.8. The number of rotatable bonds is 6. The second-order valence-electron chi connectivity index (χ2n) is 3.79. The number of aromatic nitrogens is 1. The summed E-state index contributed by atoms with van der Waals surface area (Å²) in [5.41, 5.74) is 1.06. The Balaban J connectivity index is 2.78. The molecular formula is C12H20N2O2. The quantitative estimate of drug-likeness (QED) is 0.800. The van der Waals surface area contributed by atoms with Gasteiger partial charge in [0.25, 0.3) is 0 Å². The second-order valence-corrected chi connectivity index (χ2v) is 3.79. The largest absolute Gasteiger partial charge is 0.472 e. The van der Waals surface area contributed by atoms with E-state index in [2.05, 4.69) is 17.2 Å². The molecular weight excluding hydrogens is 204 g/mol. The number of ether oxygens (including phenoxy) is 2. The molecule has 0 amide bonds. The summed E-state index contributed by atoms with van der Waals surface area (Å²) in [6.45, 7) is 4.60. The monoisotopic (exact) mass is 224 g/mol. The van der Waals surface area contributed by atoms with Crippen LogP contribution in [0, 0.1) is 0 Å². The molecule has 4 heteroatoms. The standard InChI is InChI=1S/C12H20N2O2/c1-9(8-15-4)16-12-11(10(2)13-3)6-5-7-14-12/h5-7,9-10,13H,8H2,1-4H3. The minimum absolute atomic E-state index is 0.00251. The fourth-order valence-electron chi connectivity index (χ4n) is 1.45. The molecule has 1 rings (SSSR count). The Bertz CT molecular complexity index is 318.